The van der Waals surface area contributed by atoms with Crippen LogP contribution in [0.3, 0.4) is 0 Å². The van der Waals surface area contributed by atoms with Gasteiger partial charge in [-0.1, -0.05) is 91.0 Å². The topological polar surface area (TPSA) is 32.3 Å². The fourth-order valence-electron chi connectivity index (χ4n) is 2.84. The molecule has 0 aliphatic rings. The lowest BCUT2D eigenvalue weighted by atomic mass is 9.89. The summed E-state index contributed by atoms with van der Waals surface area (Å²) < 4.78 is 0. The van der Waals surface area contributed by atoms with E-state index in [1.54, 1.807) is 0 Å². The Morgan fingerprint density at radius 3 is 1.92 bits per heavy atom. The number of para-hydroxylation sites is 1. The van der Waals surface area contributed by atoms with Gasteiger partial charge in [-0.15, -0.1) is 0 Å². The van der Waals surface area contributed by atoms with Gasteiger partial charge in [0.2, 0.25) is 0 Å². The minimum absolute atomic E-state index is 0.268. The van der Waals surface area contributed by atoms with Crippen molar-refractivity contribution in [1.82, 2.24) is 0 Å². The Kier molecular flexibility index (Phi) is 5.32. The lowest BCUT2D eigenvalue weighted by molar-refractivity contribution is 0.0903. The Morgan fingerprint density at radius 2 is 1.32 bits per heavy atom. The third-order valence-electron chi connectivity index (χ3n) is 4.21. The second-order valence-electron chi connectivity index (χ2n) is 6.32. The van der Waals surface area contributed by atoms with Crippen LogP contribution in [-0.4, -0.2) is 10.7 Å². The molecule has 0 spiro atoms. The van der Waals surface area contributed by atoms with Gasteiger partial charge in [-0.05, 0) is 30.2 Å². The van der Waals surface area contributed by atoms with Crippen LogP contribution in [0.4, 0.5) is 5.69 Å². The van der Waals surface area contributed by atoms with Crippen LogP contribution < -0.4 is 5.32 Å². The molecule has 126 valence electrons. The molecule has 3 rings (SSSR count). The summed E-state index contributed by atoms with van der Waals surface area (Å²) in [6.07, 6.45) is 3.82. The van der Waals surface area contributed by atoms with E-state index in [0.717, 1.165) is 16.8 Å². The smallest absolute Gasteiger partial charge is 0.104 e. The van der Waals surface area contributed by atoms with Crippen LogP contribution in [0.25, 0.3) is 6.08 Å². The van der Waals surface area contributed by atoms with Crippen LogP contribution in [0.5, 0.6) is 0 Å². The molecule has 0 bridgehead atoms. The highest BCUT2D eigenvalue weighted by atomic mass is 16.3. The molecule has 0 aromatic heterocycles. The van der Waals surface area contributed by atoms with E-state index >= 15 is 0 Å². The fourth-order valence-corrected chi connectivity index (χ4v) is 2.84. The van der Waals surface area contributed by atoms with Crippen LogP contribution in [0.2, 0.25) is 0 Å². The number of benzene rings is 3. The van der Waals surface area contributed by atoms with Crippen LogP contribution in [-0.2, 0) is 0 Å². The molecule has 25 heavy (non-hydrogen) atoms. The molecule has 0 radical (unpaired) electrons. The fraction of sp³-hybridized carbons (Fsp3) is 0.130. The highest BCUT2D eigenvalue weighted by Gasteiger charge is 2.30. The Morgan fingerprint density at radius 1 is 0.800 bits per heavy atom. The molecule has 0 aliphatic heterocycles. The zero-order valence-corrected chi connectivity index (χ0v) is 14.3. The first-order valence-electron chi connectivity index (χ1n) is 8.48. The molecule has 0 saturated heterocycles. The number of hydrogen-bond donors (Lipinski definition) is 2. The van der Waals surface area contributed by atoms with Gasteiger partial charge in [0, 0.05) is 5.69 Å². The van der Waals surface area contributed by atoms with Gasteiger partial charge in [-0.25, -0.2) is 0 Å². The van der Waals surface area contributed by atoms with Crippen molar-refractivity contribution < 1.29 is 5.11 Å². The molecule has 0 heterocycles. The second-order valence-corrected chi connectivity index (χ2v) is 6.32. The molecule has 3 aromatic rings. The van der Waals surface area contributed by atoms with E-state index in [-0.39, 0.29) is 6.04 Å². The van der Waals surface area contributed by atoms with Crippen molar-refractivity contribution in [1.29, 1.82) is 0 Å². The molecule has 2 heteroatoms. The molecule has 2 atom stereocenters. The number of aliphatic hydroxyl groups is 1. The number of nitrogens with one attached hydrogen (secondary N) is 1. The first kappa shape index (κ1) is 17.0. The predicted molar refractivity (Wildman–Crippen MR) is 105 cm³/mol. The molecule has 2 unspecified atom stereocenters. The lowest BCUT2D eigenvalue weighted by Crippen LogP contribution is -2.35. The van der Waals surface area contributed by atoms with Crippen molar-refractivity contribution in [3.05, 3.63) is 108 Å². The van der Waals surface area contributed by atoms with Gasteiger partial charge in [0.25, 0.3) is 0 Å². The SMILES string of the molecule is CC(O)(/C=C/c1ccccc1)C(Nc1ccccc1)c1ccccc1. The minimum atomic E-state index is -1.06. The summed E-state index contributed by atoms with van der Waals surface area (Å²) in [5.74, 6) is 0. The highest BCUT2D eigenvalue weighted by Crippen LogP contribution is 2.31. The minimum Gasteiger partial charge on any atom is -0.384 e. The largest absolute Gasteiger partial charge is 0.384 e. The van der Waals surface area contributed by atoms with Gasteiger partial charge >= 0.3 is 0 Å². The van der Waals surface area contributed by atoms with E-state index in [9.17, 15) is 5.11 Å². The standard InChI is InChI=1S/C23H23NO/c1-23(25,18-17-19-11-5-2-6-12-19)22(20-13-7-3-8-14-20)24-21-15-9-4-10-16-21/h2-18,22,24-25H,1H3/b18-17+. The van der Waals surface area contributed by atoms with Gasteiger partial charge in [0.05, 0.1) is 6.04 Å². The Hall–Kier alpha value is -2.84. The molecular formula is C23H23NO. The van der Waals surface area contributed by atoms with Crippen molar-refractivity contribution in [2.75, 3.05) is 5.32 Å². The van der Waals surface area contributed by atoms with E-state index in [0.29, 0.717) is 0 Å². The third-order valence-corrected chi connectivity index (χ3v) is 4.21. The van der Waals surface area contributed by atoms with Gasteiger partial charge < -0.3 is 10.4 Å². The summed E-state index contributed by atoms with van der Waals surface area (Å²) in [5, 5.41) is 14.7. The summed E-state index contributed by atoms with van der Waals surface area (Å²) >= 11 is 0. The monoisotopic (exact) mass is 329 g/mol. The van der Waals surface area contributed by atoms with Gasteiger partial charge in [-0.2, -0.15) is 0 Å². The van der Waals surface area contributed by atoms with E-state index in [4.69, 9.17) is 0 Å². The van der Waals surface area contributed by atoms with Crippen LogP contribution >= 0.6 is 0 Å². The molecule has 0 amide bonds. The average Bonchev–Trinajstić information content (AvgIpc) is 2.67. The molecule has 2 nitrogen and oxygen atoms in total. The summed E-state index contributed by atoms with van der Waals surface area (Å²) in [7, 11) is 0. The van der Waals surface area contributed by atoms with Gasteiger partial charge in [-0.3, -0.25) is 0 Å². The van der Waals surface area contributed by atoms with E-state index in [1.807, 2.05) is 110 Å². The summed E-state index contributed by atoms with van der Waals surface area (Å²) in [4.78, 5) is 0. The van der Waals surface area contributed by atoms with Crippen molar-refractivity contribution >= 4 is 11.8 Å². The lowest BCUT2D eigenvalue weighted by Gasteiger charge is -2.32. The van der Waals surface area contributed by atoms with E-state index in [2.05, 4.69) is 5.32 Å². The van der Waals surface area contributed by atoms with E-state index < -0.39 is 5.60 Å². The Bertz CT molecular complexity index is 795. The first-order chi connectivity index (χ1) is 12.1. The molecule has 2 N–H and O–H groups in total. The summed E-state index contributed by atoms with van der Waals surface area (Å²) in [5.41, 5.74) is 2.01. The van der Waals surface area contributed by atoms with Crippen molar-refractivity contribution in [2.24, 2.45) is 0 Å². The quantitative estimate of drug-likeness (QED) is 0.643. The van der Waals surface area contributed by atoms with Gasteiger partial charge in [0.1, 0.15) is 5.60 Å². The van der Waals surface area contributed by atoms with Crippen LogP contribution in [0.1, 0.15) is 24.1 Å². The van der Waals surface area contributed by atoms with Crippen LogP contribution in [0.15, 0.2) is 97.1 Å². The maximum absolute atomic E-state index is 11.2. The molecule has 0 aliphatic carbocycles. The second kappa shape index (κ2) is 7.82. The molecule has 0 saturated carbocycles. The first-order valence-corrected chi connectivity index (χ1v) is 8.48. The molecule has 3 aromatic carbocycles. The summed E-state index contributed by atoms with van der Waals surface area (Å²) in [6, 6.07) is 29.7. The maximum Gasteiger partial charge on any atom is 0.104 e. The third kappa shape index (κ3) is 4.59. The molecule has 0 fully saturated rings. The van der Waals surface area contributed by atoms with Gasteiger partial charge in [0.15, 0.2) is 0 Å². The Balaban J connectivity index is 1.91. The number of hydrogen-bond acceptors (Lipinski definition) is 2. The highest BCUT2D eigenvalue weighted by molar-refractivity contribution is 5.52. The number of anilines is 1. The van der Waals surface area contributed by atoms with Crippen molar-refractivity contribution in [3.8, 4) is 0 Å². The maximum atomic E-state index is 11.2. The average molecular weight is 329 g/mol. The normalized spacial score (nSPS) is 14.8. The summed E-state index contributed by atoms with van der Waals surface area (Å²) in [6.45, 7) is 1.83. The predicted octanol–water partition coefficient (Wildman–Crippen LogP) is 5.30. The van der Waals surface area contributed by atoms with E-state index in [1.165, 1.54) is 0 Å². The Labute approximate surface area is 149 Å². The molecular weight excluding hydrogens is 306 g/mol. The zero-order valence-electron chi connectivity index (χ0n) is 14.3. The zero-order chi connectivity index (χ0) is 17.5. The van der Waals surface area contributed by atoms with Crippen LogP contribution in [0, 0.1) is 0 Å². The van der Waals surface area contributed by atoms with Crippen molar-refractivity contribution in [2.45, 2.75) is 18.6 Å². The number of rotatable bonds is 6. The van der Waals surface area contributed by atoms with Crippen molar-refractivity contribution in [3.63, 3.8) is 0 Å².